The van der Waals surface area contributed by atoms with Crippen LogP contribution in [-0.2, 0) is 0 Å². The Bertz CT molecular complexity index is 348. The van der Waals surface area contributed by atoms with Gasteiger partial charge in [0.05, 0.1) is 0 Å². The Labute approximate surface area is 110 Å². The SMILES string of the molecule is CCCN(CCC)CCOc1ccc(F)c(C)c1. The lowest BCUT2D eigenvalue weighted by Gasteiger charge is -2.20. The maximum Gasteiger partial charge on any atom is 0.126 e. The fraction of sp³-hybridized carbons (Fsp3) is 0.600. The predicted molar refractivity (Wildman–Crippen MR) is 73.7 cm³/mol. The molecule has 0 spiro atoms. The monoisotopic (exact) mass is 253 g/mol. The van der Waals surface area contributed by atoms with Crippen LogP contribution in [0.5, 0.6) is 5.75 Å². The van der Waals surface area contributed by atoms with E-state index in [1.807, 2.05) is 0 Å². The first kappa shape index (κ1) is 15.0. The van der Waals surface area contributed by atoms with Crippen molar-refractivity contribution in [1.82, 2.24) is 4.90 Å². The molecule has 2 nitrogen and oxygen atoms in total. The zero-order chi connectivity index (χ0) is 13.4. The fourth-order valence-electron chi connectivity index (χ4n) is 1.97. The Morgan fingerprint density at radius 3 is 2.33 bits per heavy atom. The summed E-state index contributed by atoms with van der Waals surface area (Å²) in [5, 5.41) is 0. The summed E-state index contributed by atoms with van der Waals surface area (Å²) in [7, 11) is 0. The van der Waals surface area contributed by atoms with Crippen molar-refractivity contribution in [3.63, 3.8) is 0 Å². The number of benzene rings is 1. The van der Waals surface area contributed by atoms with Crippen molar-refractivity contribution in [2.45, 2.75) is 33.6 Å². The molecule has 0 aromatic heterocycles. The van der Waals surface area contributed by atoms with Crippen molar-refractivity contribution in [2.24, 2.45) is 0 Å². The maximum absolute atomic E-state index is 13.1. The third-order valence-corrected chi connectivity index (χ3v) is 2.89. The molecule has 1 aromatic rings. The van der Waals surface area contributed by atoms with Gasteiger partial charge in [0.15, 0.2) is 0 Å². The lowest BCUT2D eigenvalue weighted by atomic mass is 10.2. The minimum Gasteiger partial charge on any atom is -0.492 e. The quantitative estimate of drug-likeness (QED) is 0.701. The number of rotatable bonds is 8. The lowest BCUT2D eigenvalue weighted by molar-refractivity contribution is 0.209. The van der Waals surface area contributed by atoms with Crippen molar-refractivity contribution in [2.75, 3.05) is 26.2 Å². The highest BCUT2D eigenvalue weighted by atomic mass is 19.1. The van der Waals surface area contributed by atoms with Crippen LogP contribution in [0.15, 0.2) is 18.2 Å². The van der Waals surface area contributed by atoms with Gasteiger partial charge in [-0.1, -0.05) is 13.8 Å². The van der Waals surface area contributed by atoms with E-state index in [1.54, 1.807) is 19.1 Å². The van der Waals surface area contributed by atoms with Crippen LogP contribution in [0.4, 0.5) is 4.39 Å². The Morgan fingerprint density at radius 1 is 1.11 bits per heavy atom. The molecule has 1 aromatic carbocycles. The molecule has 3 heteroatoms. The lowest BCUT2D eigenvalue weighted by Crippen LogP contribution is -2.30. The van der Waals surface area contributed by atoms with E-state index in [4.69, 9.17) is 4.74 Å². The molecular formula is C15H24FNO. The van der Waals surface area contributed by atoms with Crippen LogP contribution >= 0.6 is 0 Å². The van der Waals surface area contributed by atoms with Gasteiger partial charge >= 0.3 is 0 Å². The summed E-state index contributed by atoms with van der Waals surface area (Å²) in [4.78, 5) is 2.40. The van der Waals surface area contributed by atoms with Crippen molar-refractivity contribution < 1.29 is 9.13 Å². The van der Waals surface area contributed by atoms with E-state index in [0.29, 0.717) is 12.2 Å². The average Bonchev–Trinajstić information content (AvgIpc) is 2.34. The summed E-state index contributed by atoms with van der Waals surface area (Å²) < 4.78 is 18.7. The second-order valence-electron chi connectivity index (χ2n) is 4.60. The Balaban J connectivity index is 2.37. The van der Waals surface area contributed by atoms with E-state index >= 15 is 0 Å². The second-order valence-corrected chi connectivity index (χ2v) is 4.60. The van der Waals surface area contributed by atoms with Gasteiger partial charge in [0.25, 0.3) is 0 Å². The molecule has 0 saturated heterocycles. The third kappa shape index (κ3) is 5.05. The van der Waals surface area contributed by atoms with Crippen LogP contribution in [0.25, 0.3) is 0 Å². The number of halogens is 1. The number of nitrogens with zero attached hydrogens (tertiary/aromatic N) is 1. The van der Waals surface area contributed by atoms with E-state index in [1.165, 1.54) is 6.07 Å². The minimum atomic E-state index is -0.180. The van der Waals surface area contributed by atoms with Gasteiger partial charge in [0.2, 0.25) is 0 Å². The molecule has 0 atom stereocenters. The van der Waals surface area contributed by atoms with Gasteiger partial charge in [-0.3, -0.25) is 4.90 Å². The Kier molecular flexibility index (Phi) is 6.73. The zero-order valence-corrected chi connectivity index (χ0v) is 11.7. The van der Waals surface area contributed by atoms with Crippen molar-refractivity contribution in [3.05, 3.63) is 29.6 Å². The molecular weight excluding hydrogens is 229 g/mol. The number of hydrogen-bond acceptors (Lipinski definition) is 2. The highest BCUT2D eigenvalue weighted by Gasteiger charge is 2.03. The van der Waals surface area contributed by atoms with E-state index in [2.05, 4.69) is 18.7 Å². The summed E-state index contributed by atoms with van der Waals surface area (Å²) in [6.45, 7) is 9.94. The smallest absolute Gasteiger partial charge is 0.126 e. The molecule has 102 valence electrons. The van der Waals surface area contributed by atoms with E-state index in [-0.39, 0.29) is 5.82 Å². The first-order chi connectivity index (χ1) is 8.67. The normalized spacial score (nSPS) is 10.9. The standard InChI is InChI=1S/C15H24FNO/c1-4-8-17(9-5-2)10-11-18-14-6-7-15(16)13(3)12-14/h6-7,12H,4-5,8-11H2,1-3H3. The summed E-state index contributed by atoms with van der Waals surface area (Å²) in [5.74, 6) is 0.572. The summed E-state index contributed by atoms with van der Waals surface area (Å²) >= 11 is 0. The number of aryl methyl sites for hydroxylation is 1. The van der Waals surface area contributed by atoms with Gasteiger partial charge < -0.3 is 4.74 Å². The molecule has 0 radical (unpaired) electrons. The highest BCUT2D eigenvalue weighted by Crippen LogP contribution is 2.15. The maximum atomic E-state index is 13.1. The van der Waals surface area contributed by atoms with Gasteiger partial charge in [-0.15, -0.1) is 0 Å². The van der Waals surface area contributed by atoms with E-state index in [0.717, 1.165) is 38.2 Å². The molecule has 18 heavy (non-hydrogen) atoms. The number of hydrogen-bond donors (Lipinski definition) is 0. The van der Waals surface area contributed by atoms with Crippen molar-refractivity contribution in [1.29, 1.82) is 0 Å². The fourth-order valence-corrected chi connectivity index (χ4v) is 1.97. The average molecular weight is 253 g/mol. The van der Waals surface area contributed by atoms with Gasteiger partial charge in [-0.05, 0) is 56.6 Å². The summed E-state index contributed by atoms with van der Waals surface area (Å²) in [6, 6.07) is 4.89. The van der Waals surface area contributed by atoms with Crippen LogP contribution in [0.2, 0.25) is 0 Å². The Morgan fingerprint density at radius 2 is 1.78 bits per heavy atom. The molecule has 0 fully saturated rings. The van der Waals surface area contributed by atoms with E-state index in [9.17, 15) is 4.39 Å². The highest BCUT2D eigenvalue weighted by molar-refractivity contribution is 5.28. The molecule has 0 N–H and O–H groups in total. The molecule has 0 heterocycles. The van der Waals surface area contributed by atoms with Crippen LogP contribution in [0.1, 0.15) is 32.3 Å². The first-order valence-corrected chi connectivity index (χ1v) is 6.78. The molecule has 0 aliphatic heterocycles. The van der Waals surface area contributed by atoms with E-state index < -0.39 is 0 Å². The van der Waals surface area contributed by atoms with Gasteiger partial charge in [-0.25, -0.2) is 4.39 Å². The molecule has 0 unspecified atom stereocenters. The minimum absolute atomic E-state index is 0.180. The largest absolute Gasteiger partial charge is 0.492 e. The van der Waals surface area contributed by atoms with Gasteiger partial charge in [0, 0.05) is 6.54 Å². The predicted octanol–water partition coefficient (Wildman–Crippen LogP) is 3.63. The molecule has 0 aliphatic carbocycles. The van der Waals surface area contributed by atoms with Crippen LogP contribution in [0, 0.1) is 12.7 Å². The number of ether oxygens (including phenoxy) is 1. The summed E-state index contributed by atoms with van der Waals surface area (Å²) in [5.41, 5.74) is 0.631. The first-order valence-electron chi connectivity index (χ1n) is 6.78. The van der Waals surface area contributed by atoms with Crippen molar-refractivity contribution >= 4 is 0 Å². The zero-order valence-electron chi connectivity index (χ0n) is 11.7. The molecule has 0 saturated carbocycles. The van der Waals surface area contributed by atoms with Crippen LogP contribution in [0.3, 0.4) is 0 Å². The molecule has 0 aliphatic rings. The van der Waals surface area contributed by atoms with Gasteiger partial charge in [0.1, 0.15) is 18.2 Å². The summed E-state index contributed by atoms with van der Waals surface area (Å²) in [6.07, 6.45) is 2.32. The third-order valence-electron chi connectivity index (χ3n) is 2.89. The van der Waals surface area contributed by atoms with Gasteiger partial charge in [-0.2, -0.15) is 0 Å². The van der Waals surface area contributed by atoms with Crippen molar-refractivity contribution in [3.8, 4) is 5.75 Å². The Hall–Kier alpha value is -1.09. The van der Waals surface area contributed by atoms with Crippen LogP contribution in [-0.4, -0.2) is 31.1 Å². The topological polar surface area (TPSA) is 12.5 Å². The molecule has 0 amide bonds. The molecule has 1 rings (SSSR count). The molecule has 0 bridgehead atoms. The second kappa shape index (κ2) is 8.09. The van der Waals surface area contributed by atoms with Crippen LogP contribution < -0.4 is 4.74 Å².